The molecule has 0 saturated carbocycles. The van der Waals surface area contributed by atoms with Gasteiger partial charge in [0.2, 0.25) is 11.9 Å². The molecule has 3 heterocycles. The van der Waals surface area contributed by atoms with Gasteiger partial charge in [-0.3, -0.25) is 4.79 Å². The fraction of sp³-hybridized carbons (Fsp3) is 0.450. The van der Waals surface area contributed by atoms with Crippen LogP contribution in [0.5, 0.6) is 0 Å². The van der Waals surface area contributed by atoms with Crippen molar-refractivity contribution in [1.29, 1.82) is 0 Å². The molecule has 1 fully saturated rings. The van der Waals surface area contributed by atoms with E-state index in [1.807, 2.05) is 4.90 Å². The van der Waals surface area contributed by atoms with Crippen LogP contribution in [-0.2, 0) is 17.8 Å². The Labute approximate surface area is 162 Å². The second-order valence-corrected chi connectivity index (χ2v) is 8.09. The zero-order chi connectivity index (χ0) is 17.9. The molecule has 2 aromatic rings. The van der Waals surface area contributed by atoms with E-state index in [1.54, 1.807) is 12.4 Å². The SMILES string of the molecule is O=C(CC1CCN(c2ncc(Br)cn2)CC1)N1CCc2ccccc2C1. The largest absolute Gasteiger partial charge is 0.341 e. The molecule has 2 aliphatic heterocycles. The van der Waals surface area contributed by atoms with Gasteiger partial charge in [-0.1, -0.05) is 24.3 Å². The summed E-state index contributed by atoms with van der Waals surface area (Å²) in [4.78, 5) is 25.7. The summed E-state index contributed by atoms with van der Waals surface area (Å²) in [6.45, 7) is 3.45. The zero-order valence-corrected chi connectivity index (χ0v) is 16.4. The van der Waals surface area contributed by atoms with Gasteiger partial charge in [0, 0.05) is 45.0 Å². The van der Waals surface area contributed by atoms with Crippen LogP contribution >= 0.6 is 15.9 Å². The number of hydrogen-bond acceptors (Lipinski definition) is 4. The van der Waals surface area contributed by atoms with E-state index in [9.17, 15) is 4.79 Å². The lowest BCUT2D eigenvalue weighted by atomic mass is 9.92. The summed E-state index contributed by atoms with van der Waals surface area (Å²) in [5, 5.41) is 0. The Morgan fingerprint density at radius 3 is 2.50 bits per heavy atom. The number of carbonyl (C=O) groups is 1. The van der Waals surface area contributed by atoms with Crippen molar-refractivity contribution in [3.05, 3.63) is 52.3 Å². The summed E-state index contributed by atoms with van der Waals surface area (Å²) in [7, 11) is 0. The van der Waals surface area contributed by atoms with E-state index >= 15 is 0 Å². The fourth-order valence-electron chi connectivity index (χ4n) is 3.89. The third-order valence-corrected chi connectivity index (χ3v) is 5.86. The highest BCUT2D eigenvalue weighted by Crippen LogP contribution is 2.26. The van der Waals surface area contributed by atoms with Crippen LogP contribution in [0.2, 0.25) is 0 Å². The summed E-state index contributed by atoms with van der Waals surface area (Å²) < 4.78 is 0.893. The van der Waals surface area contributed by atoms with Crippen molar-refractivity contribution in [2.45, 2.75) is 32.2 Å². The van der Waals surface area contributed by atoms with Crippen LogP contribution in [0.15, 0.2) is 41.1 Å². The summed E-state index contributed by atoms with van der Waals surface area (Å²) in [5.41, 5.74) is 2.69. The van der Waals surface area contributed by atoms with E-state index in [0.29, 0.717) is 18.2 Å². The molecule has 5 nitrogen and oxygen atoms in total. The molecule has 0 radical (unpaired) electrons. The molecule has 1 amide bonds. The smallest absolute Gasteiger partial charge is 0.225 e. The molecule has 4 rings (SSSR count). The van der Waals surface area contributed by atoms with E-state index in [2.05, 4.69) is 55.1 Å². The molecule has 0 N–H and O–H groups in total. The van der Waals surface area contributed by atoms with E-state index < -0.39 is 0 Å². The second kappa shape index (κ2) is 7.74. The Morgan fingerprint density at radius 1 is 1.08 bits per heavy atom. The van der Waals surface area contributed by atoms with E-state index in [1.165, 1.54) is 11.1 Å². The van der Waals surface area contributed by atoms with Gasteiger partial charge in [-0.25, -0.2) is 9.97 Å². The van der Waals surface area contributed by atoms with Crippen LogP contribution in [0.4, 0.5) is 5.95 Å². The van der Waals surface area contributed by atoms with Crippen molar-refractivity contribution in [2.75, 3.05) is 24.5 Å². The second-order valence-electron chi connectivity index (χ2n) is 7.17. The van der Waals surface area contributed by atoms with Gasteiger partial charge in [0.05, 0.1) is 4.47 Å². The summed E-state index contributed by atoms with van der Waals surface area (Å²) >= 11 is 3.37. The minimum Gasteiger partial charge on any atom is -0.341 e. The molecule has 26 heavy (non-hydrogen) atoms. The predicted octanol–water partition coefficient (Wildman–Crippen LogP) is 3.43. The Balaban J connectivity index is 1.29. The van der Waals surface area contributed by atoms with Crippen LogP contribution in [0.25, 0.3) is 0 Å². The molecular weight excluding hydrogens is 392 g/mol. The summed E-state index contributed by atoms with van der Waals surface area (Å²) in [5.74, 6) is 1.55. The first-order valence-corrected chi connectivity index (χ1v) is 10.1. The highest BCUT2D eigenvalue weighted by atomic mass is 79.9. The predicted molar refractivity (Wildman–Crippen MR) is 105 cm³/mol. The van der Waals surface area contributed by atoms with Gasteiger partial charge in [-0.05, 0) is 52.2 Å². The summed E-state index contributed by atoms with van der Waals surface area (Å²) in [6.07, 6.45) is 7.25. The van der Waals surface area contributed by atoms with Crippen LogP contribution in [-0.4, -0.2) is 40.4 Å². The molecular formula is C20H23BrN4O. The van der Waals surface area contributed by atoms with E-state index in [4.69, 9.17) is 0 Å². The molecule has 6 heteroatoms. The lowest BCUT2D eigenvalue weighted by molar-refractivity contribution is -0.133. The van der Waals surface area contributed by atoms with Gasteiger partial charge in [-0.15, -0.1) is 0 Å². The monoisotopic (exact) mass is 414 g/mol. The molecule has 2 aliphatic rings. The molecule has 0 unspecified atom stereocenters. The van der Waals surface area contributed by atoms with Crippen LogP contribution in [0.3, 0.4) is 0 Å². The van der Waals surface area contributed by atoms with Gasteiger partial charge in [-0.2, -0.15) is 0 Å². The van der Waals surface area contributed by atoms with Crippen molar-refractivity contribution in [1.82, 2.24) is 14.9 Å². The molecule has 1 aromatic carbocycles. The number of nitrogens with zero attached hydrogens (tertiary/aromatic N) is 4. The number of rotatable bonds is 3. The number of fused-ring (bicyclic) bond motifs is 1. The number of halogens is 1. The topological polar surface area (TPSA) is 49.3 Å². The van der Waals surface area contributed by atoms with Gasteiger partial charge in [0.1, 0.15) is 0 Å². The van der Waals surface area contributed by atoms with Crippen molar-refractivity contribution < 1.29 is 4.79 Å². The first kappa shape index (κ1) is 17.5. The quantitative estimate of drug-likeness (QED) is 0.771. The molecule has 1 aromatic heterocycles. The average Bonchev–Trinajstić information content (AvgIpc) is 2.69. The highest BCUT2D eigenvalue weighted by molar-refractivity contribution is 9.10. The third kappa shape index (κ3) is 3.90. The maximum atomic E-state index is 12.7. The molecule has 0 aliphatic carbocycles. The fourth-order valence-corrected chi connectivity index (χ4v) is 4.10. The highest BCUT2D eigenvalue weighted by Gasteiger charge is 2.26. The Bertz CT molecular complexity index is 772. The van der Waals surface area contributed by atoms with Crippen LogP contribution in [0, 0.1) is 5.92 Å². The summed E-state index contributed by atoms with van der Waals surface area (Å²) in [6, 6.07) is 8.47. The van der Waals surface area contributed by atoms with Crippen LogP contribution < -0.4 is 4.90 Å². The minimum atomic E-state index is 0.304. The number of hydrogen-bond donors (Lipinski definition) is 0. The number of piperidine rings is 1. The standard InChI is InChI=1S/C20H23BrN4O/c21-18-12-22-20(23-13-18)24-8-5-15(6-9-24)11-19(26)25-10-7-16-3-1-2-4-17(16)14-25/h1-4,12-13,15H,5-11,14H2. The van der Waals surface area contributed by atoms with Crippen molar-refractivity contribution in [2.24, 2.45) is 5.92 Å². The first-order chi connectivity index (χ1) is 12.7. The van der Waals surface area contributed by atoms with E-state index in [0.717, 1.165) is 55.9 Å². The van der Waals surface area contributed by atoms with Gasteiger partial charge >= 0.3 is 0 Å². The first-order valence-electron chi connectivity index (χ1n) is 9.26. The van der Waals surface area contributed by atoms with Gasteiger partial charge < -0.3 is 9.80 Å². The minimum absolute atomic E-state index is 0.304. The Hall–Kier alpha value is -1.95. The Kier molecular flexibility index (Phi) is 5.20. The molecule has 0 bridgehead atoms. The van der Waals surface area contributed by atoms with Gasteiger partial charge in [0.25, 0.3) is 0 Å². The Morgan fingerprint density at radius 2 is 1.77 bits per heavy atom. The molecule has 1 saturated heterocycles. The van der Waals surface area contributed by atoms with Crippen LogP contribution in [0.1, 0.15) is 30.4 Å². The maximum Gasteiger partial charge on any atom is 0.225 e. The number of carbonyl (C=O) groups excluding carboxylic acids is 1. The normalized spacial score (nSPS) is 17.9. The zero-order valence-electron chi connectivity index (χ0n) is 14.8. The average molecular weight is 415 g/mol. The van der Waals surface area contributed by atoms with Crippen molar-refractivity contribution in [3.8, 4) is 0 Å². The maximum absolute atomic E-state index is 12.7. The lowest BCUT2D eigenvalue weighted by Crippen LogP contribution is -2.39. The number of anilines is 1. The molecule has 0 spiro atoms. The lowest BCUT2D eigenvalue weighted by Gasteiger charge is -2.34. The molecule has 136 valence electrons. The van der Waals surface area contributed by atoms with E-state index in [-0.39, 0.29) is 0 Å². The number of benzene rings is 1. The molecule has 0 atom stereocenters. The van der Waals surface area contributed by atoms with Crippen molar-refractivity contribution >= 4 is 27.8 Å². The third-order valence-electron chi connectivity index (χ3n) is 5.45. The van der Waals surface area contributed by atoms with Crippen molar-refractivity contribution in [3.63, 3.8) is 0 Å². The number of amides is 1. The number of aromatic nitrogens is 2. The van der Waals surface area contributed by atoms with Gasteiger partial charge in [0.15, 0.2) is 0 Å².